The Morgan fingerprint density at radius 3 is 2.21 bits per heavy atom. The Bertz CT molecular complexity index is 1140. The SMILES string of the molecule is Cc1cc(C)c(C)c(S(=O)(=O)N2CCC(C(=O)NCc3ccc4c(c3)OCCO4)CC2)c1C. The number of ether oxygens (including phenoxy) is 2. The molecule has 2 aromatic rings. The summed E-state index contributed by atoms with van der Waals surface area (Å²) in [5.74, 6) is 1.18. The molecule has 2 aromatic carbocycles. The molecule has 178 valence electrons. The van der Waals surface area contributed by atoms with Gasteiger partial charge in [-0.1, -0.05) is 12.1 Å². The van der Waals surface area contributed by atoms with E-state index in [-0.39, 0.29) is 11.8 Å². The molecule has 1 fully saturated rings. The van der Waals surface area contributed by atoms with Gasteiger partial charge in [0.15, 0.2) is 11.5 Å². The fourth-order valence-corrected chi connectivity index (χ4v) is 6.63. The Morgan fingerprint density at radius 2 is 1.58 bits per heavy atom. The summed E-state index contributed by atoms with van der Waals surface area (Å²) in [7, 11) is -3.61. The second-order valence-corrected chi connectivity index (χ2v) is 10.8. The average molecular weight is 473 g/mol. The first-order valence-electron chi connectivity index (χ1n) is 11.4. The summed E-state index contributed by atoms with van der Waals surface area (Å²) in [6, 6.07) is 7.69. The van der Waals surface area contributed by atoms with Crippen LogP contribution in [0.5, 0.6) is 11.5 Å². The normalized spacial score (nSPS) is 17.1. The number of carbonyl (C=O) groups is 1. The zero-order chi connectivity index (χ0) is 23.8. The number of piperidine rings is 1. The van der Waals surface area contributed by atoms with Gasteiger partial charge in [-0.15, -0.1) is 0 Å². The molecule has 0 bridgehead atoms. The van der Waals surface area contributed by atoms with Crippen LogP contribution in [0, 0.1) is 33.6 Å². The number of sulfonamides is 1. The number of amides is 1. The third-order valence-corrected chi connectivity index (χ3v) is 8.97. The lowest BCUT2D eigenvalue weighted by Crippen LogP contribution is -2.43. The second-order valence-electron chi connectivity index (χ2n) is 8.96. The van der Waals surface area contributed by atoms with E-state index in [9.17, 15) is 13.2 Å². The second kappa shape index (κ2) is 9.35. The molecule has 0 saturated carbocycles. The molecule has 0 aliphatic carbocycles. The molecule has 1 N–H and O–H groups in total. The monoisotopic (exact) mass is 472 g/mol. The number of rotatable bonds is 5. The minimum absolute atomic E-state index is 0.0410. The van der Waals surface area contributed by atoms with Crippen LogP contribution in [0.25, 0.3) is 0 Å². The summed E-state index contributed by atoms with van der Waals surface area (Å²) in [6.07, 6.45) is 1.02. The van der Waals surface area contributed by atoms with Crippen LogP contribution in [-0.4, -0.2) is 44.9 Å². The van der Waals surface area contributed by atoms with Gasteiger partial charge in [-0.3, -0.25) is 4.79 Å². The molecular weight excluding hydrogens is 440 g/mol. The van der Waals surface area contributed by atoms with Crippen molar-refractivity contribution in [1.29, 1.82) is 0 Å². The van der Waals surface area contributed by atoms with Crippen molar-refractivity contribution in [2.24, 2.45) is 5.92 Å². The lowest BCUT2D eigenvalue weighted by molar-refractivity contribution is -0.126. The maximum atomic E-state index is 13.4. The maximum absolute atomic E-state index is 13.4. The van der Waals surface area contributed by atoms with E-state index in [4.69, 9.17) is 9.47 Å². The van der Waals surface area contributed by atoms with E-state index in [2.05, 4.69) is 5.32 Å². The van der Waals surface area contributed by atoms with Crippen molar-refractivity contribution in [3.63, 3.8) is 0 Å². The van der Waals surface area contributed by atoms with Gasteiger partial charge in [0.05, 0.1) is 4.90 Å². The van der Waals surface area contributed by atoms with Gasteiger partial charge in [-0.25, -0.2) is 8.42 Å². The molecule has 4 rings (SSSR count). The van der Waals surface area contributed by atoms with Gasteiger partial charge in [0.1, 0.15) is 13.2 Å². The Labute approximate surface area is 196 Å². The van der Waals surface area contributed by atoms with Crippen LogP contribution in [0.2, 0.25) is 0 Å². The molecule has 1 saturated heterocycles. The van der Waals surface area contributed by atoms with E-state index in [0.29, 0.717) is 56.3 Å². The Kier molecular flexibility index (Phi) is 6.68. The number of benzene rings is 2. The fraction of sp³-hybridized carbons (Fsp3) is 0.480. The van der Waals surface area contributed by atoms with Crippen molar-refractivity contribution in [1.82, 2.24) is 9.62 Å². The Morgan fingerprint density at radius 1 is 0.970 bits per heavy atom. The summed E-state index contributed by atoms with van der Waals surface area (Å²) >= 11 is 0. The van der Waals surface area contributed by atoms with E-state index >= 15 is 0 Å². The molecule has 2 aliphatic rings. The molecule has 1 amide bonds. The largest absolute Gasteiger partial charge is 0.486 e. The number of nitrogens with zero attached hydrogens (tertiary/aromatic N) is 1. The molecule has 2 aliphatic heterocycles. The van der Waals surface area contributed by atoms with Crippen molar-refractivity contribution in [2.45, 2.75) is 52.0 Å². The van der Waals surface area contributed by atoms with Gasteiger partial charge < -0.3 is 14.8 Å². The van der Waals surface area contributed by atoms with Crippen molar-refractivity contribution in [2.75, 3.05) is 26.3 Å². The lowest BCUT2D eigenvalue weighted by Gasteiger charge is -2.32. The maximum Gasteiger partial charge on any atom is 0.243 e. The molecule has 0 radical (unpaired) electrons. The minimum Gasteiger partial charge on any atom is -0.486 e. The van der Waals surface area contributed by atoms with Crippen LogP contribution in [-0.2, 0) is 21.4 Å². The first-order valence-corrected chi connectivity index (χ1v) is 12.9. The van der Waals surface area contributed by atoms with Gasteiger partial charge in [-0.2, -0.15) is 4.31 Å². The zero-order valence-electron chi connectivity index (χ0n) is 19.7. The van der Waals surface area contributed by atoms with Crippen LogP contribution < -0.4 is 14.8 Å². The summed E-state index contributed by atoms with van der Waals surface area (Å²) < 4.78 is 39.5. The quantitative estimate of drug-likeness (QED) is 0.721. The van der Waals surface area contributed by atoms with Gasteiger partial charge in [0, 0.05) is 25.6 Å². The first-order chi connectivity index (χ1) is 15.7. The van der Waals surface area contributed by atoms with Crippen LogP contribution >= 0.6 is 0 Å². The smallest absolute Gasteiger partial charge is 0.243 e. The van der Waals surface area contributed by atoms with Gasteiger partial charge in [0.2, 0.25) is 15.9 Å². The molecule has 0 spiro atoms. The highest BCUT2D eigenvalue weighted by atomic mass is 32.2. The third-order valence-electron chi connectivity index (χ3n) is 6.79. The van der Waals surface area contributed by atoms with Crippen LogP contribution in [0.3, 0.4) is 0 Å². The molecule has 33 heavy (non-hydrogen) atoms. The average Bonchev–Trinajstić information content (AvgIpc) is 2.81. The van der Waals surface area contributed by atoms with E-state index in [1.165, 1.54) is 4.31 Å². The van der Waals surface area contributed by atoms with Crippen molar-refractivity contribution >= 4 is 15.9 Å². The summed E-state index contributed by atoms with van der Waals surface area (Å²) in [5, 5.41) is 2.99. The molecular formula is C25H32N2O5S. The summed E-state index contributed by atoms with van der Waals surface area (Å²) in [6.45, 7) is 9.77. The van der Waals surface area contributed by atoms with Crippen LogP contribution in [0.15, 0.2) is 29.2 Å². The predicted molar refractivity (Wildman–Crippen MR) is 126 cm³/mol. The molecule has 8 heteroatoms. The van der Waals surface area contributed by atoms with Crippen LogP contribution in [0.4, 0.5) is 0 Å². The van der Waals surface area contributed by atoms with Gasteiger partial charge in [0.25, 0.3) is 0 Å². The number of aryl methyl sites for hydroxylation is 2. The van der Waals surface area contributed by atoms with E-state index in [0.717, 1.165) is 33.6 Å². The molecule has 2 heterocycles. The summed E-state index contributed by atoms with van der Waals surface area (Å²) in [5.41, 5.74) is 4.50. The van der Waals surface area contributed by atoms with Gasteiger partial charge in [-0.05, 0) is 80.5 Å². The van der Waals surface area contributed by atoms with Crippen molar-refractivity contribution in [3.8, 4) is 11.5 Å². The number of nitrogens with one attached hydrogen (secondary N) is 1. The topological polar surface area (TPSA) is 84.9 Å². The van der Waals surface area contributed by atoms with Gasteiger partial charge >= 0.3 is 0 Å². The van der Waals surface area contributed by atoms with Crippen molar-refractivity contribution < 1.29 is 22.7 Å². The lowest BCUT2D eigenvalue weighted by atomic mass is 9.97. The number of fused-ring (bicyclic) bond motifs is 1. The van der Waals surface area contributed by atoms with Crippen molar-refractivity contribution in [3.05, 3.63) is 52.1 Å². The molecule has 0 aromatic heterocycles. The first kappa shape index (κ1) is 23.6. The standard InChI is InChI=1S/C25H32N2O5S/c1-16-13-17(2)19(4)24(18(16)3)33(29,30)27-9-7-21(8-10-27)25(28)26-15-20-5-6-22-23(14-20)32-12-11-31-22/h5-6,13-14,21H,7-12,15H2,1-4H3,(H,26,28). The van der Waals surface area contributed by atoms with E-state index < -0.39 is 10.0 Å². The van der Waals surface area contributed by atoms with E-state index in [1.807, 2.05) is 52.0 Å². The Balaban J connectivity index is 1.37. The highest BCUT2D eigenvalue weighted by Crippen LogP contribution is 2.32. The number of carbonyl (C=O) groups excluding carboxylic acids is 1. The minimum atomic E-state index is -3.61. The molecule has 0 atom stereocenters. The van der Waals surface area contributed by atoms with Crippen LogP contribution in [0.1, 0.15) is 40.7 Å². The molecule has 0 unspecified atom stereocenters. The highest BCUT2D eigenvalue weighted by molar-refractivity contribution is 7.89. The fourth-order valence-electron chi connectivity index (χ4n) is 4.59. The Hall–Kier alpha value is -2.58. The molecule has 7 nitrogen and oxygen atoms in total. The number of hydrogen-bond acceptors (Lipinski definition) is 5. The van der Waals surface area contributed by atoms with E-state index in [1.54, 1.807) is 0 Å². The predicted octanol–water partition coefficient (Wildman–Crippen LogP) is 3.41. The summed E-state index contributed by atoms with van der Waals surface area (Å²) in [4.78, 5) is 13.2. The highest BCUT2D eigenvalue weighted by Gasteiger charge is 2.34. The third kappa shape index (κ3) is 4.73. The zero-order valence-corrected chi connectivity index (χ0v) is 20.5. The number of hydrogen-bond donors (Lipinski definition) is 1.